The zero-order valence-electron chi connectivity index (χ0n) is 19.1. The van der Waals surface area contributed by atoms with Gasteiger partial charge in [-0.3, -0.25) is 9.79 Å². The van der Waals surface area contributed by atoms with E-state index in [0.717, 1.165) is 17.4 Å². The Bertz CT molecular complexity index is 1500. The van der Waals surface area contributed by atoms with E-state index < -0.39 is 12.1 Å². The maximum atomic E-state index is 13.6. The van der Waals surface area contributed by atoms with Gasteiger partial charge < -0.3 is 10.6 Å². The van der Waals surface area contributed by atoms with Gasteiger partial charge in [-0.1, -0.05) is 24.2 Å². The van der Waals surface area contributed by atoms with Crippen LogP contribution in [0.15, 0.2) is 36.0 Å². The van der Waals surface area contributed by atoms with Crippen molar-refractivity contribution in [3.05, 3.63) is 69.2 Å². The number of nitriles is 1. The monoisotopic (exact) mass is 497 g/mol. The Balaban J connectivity index is 1.99. The molecule has 1 aliphatic carbocycles. The molecule has 1 saturated carbocycles. The molecule has 0 unspecified atom stereocenters. The number of carbonyl (C=O) groups is 1. The lowest BCUT2D eigenvalue weighted by Crippen LogP contribution is -2.40. The van der Waals surface area contributed by atoms with Crippen molar-refractivity contribution in [1.29, 1.82) is 5.26 Å². The molecule has 0 aliphatic heterocycles. The Labute approximate surface area is 204 Å². The van der Waals surface area contributed by atoms with Gasteiger partial charge in [0.25, 0.3) is 6.43 Å². The molecular weight excluding hydrogens is 476 g/mol. The minimum Gasteiger partial charge on any atom is -0.362 e. The molecular formula is C24H22ClF2N7O. The highest BCUT2D eigenvalue weighted by atomic mass is 35.5. The van der Waals surface area contributed by atoms with Crippen LogP contribution in [0.5, 0.6) is 0 Å². The zero-order chi connectivity index (χ0) is 25.3. The van der Waals surface area contributed by atoms with Crippen molar-refractivity contribution in [2.75, 3.05) is 11.9 Å². The van der Waals surface area contributed by atoms with E-state index in [1.807, 2.05) is 6.92 Å². The quantitative estimate of drug-likeness (QED) is 0.521. The first-order valence-corrected chi connectivity index (χ1v) is 11.2. The SMILES string of the molecule is C=CNc1cc(Cl)ccc1/C=c1\c(C)nc2c(C#N)c(C(F)F)nn2c1=NCC(=O)NC1(C)CC1. The zero-order valence-corrected chi connectivity index (χ0v) is 19.8. The van der Waals surface area contributed by atoms with Crippen LogP contribution in [0.25, 0.3) is 11.7 Å². The standard InChI is InChI=1S/C24H22ClF2N7O/c1-4-29-18-10-15(25)6-5-14(18)9-16-13(2)31-23-17(11-28)20(21(26)27)33-34(23)22(16)30-12-19(35)32-24(3)7-8-24/h4-6,9-10,21,29H,1,7-8,12H2,2-3H3,(H,32,35)/b16-9+,30-22?. The second kappa shape index (κ2) is 9.43. The van der Waals surface area contributed by atoms with Gasteiger partial charge in [-0.15, -0.1) is 0 Å². The van der Waals surface area contributed by atoms with Crippen LogP contribution in [0.3, 0.4) is 0 Å². The summed E-state index contributed by atoms with van der Waals surface area (Å²) in [6.07, 6.45) is 2.01. The fraction of sp³-hybridized carbons (Fsp3) is 0.292. The molecule has 180 valence electrons. The molecule has 8 nitrogen and oxygen atoms in total. The molecule has 4 rings (SSSR count). The molecule has 2 aromatic heterocycles. The van der Waals surface area contributed by atoms with Crippen molar-refractivity contribution in [2.24, 2.45) is 4.99 Å². The van der Waals surface area contributed by atoms with Crippen molar-refractivity contribution >= 4 is 34.9 Å². The lowest BCUT2D eigenvalue weighted by molar-refractivity contribution is -0.120. The highest BCUT2D eigenvalue weighted by molar-refractivity contribution is 6.30. The van der Waals surface area contributed by atoms with Gasteiger partial charge >= 0.3 is 0 Å². The Hall–Kier alpha value is -3.84. The third-order valence-corrected chi connectivity index (χ3v) is 5.93. The summed E-state index contributed by atoms with van der Waals surface area (Å²) in [5.74, 6) is -0.305. The molecule has 1 amide bonds. The second-order valence-electron chi connectivity index (χ2n) is 8.49. The Morgan fingerprint density at radius 2 is 2.20 bits per heavy atom. The number of nitrogens with zero attached hydrogens (tertiary/aromatic N) is 5. The van der Waals surface area contributed by atoms with Gasteiger partial charge in [0.15, 0.2) is 11.1 Å². The Kier molecular flexibility index (Phi) is 6.54. The van der Waals surface area contributed by atoms with Crippen LogP contribution >= 0.6 is 11.6 Å². The highest BCUT2D eigenvalue weighted by Gasteiger charge is 2.38. The average Bonchev–Trinajstić information content (AvgIpc) is 3.40. The number of hydrogen-bond acceptors (Lipinski definition) is 6. The molecule has 2 heterocycles. The van der Waals surface area contributed by atoms with Crippen molar-refractivity contribution < 1.29 is 13.6 Å². The fourth-order valence-electron chi connectivity index (χ4n) is 3.63. The number of aryl methyl sites for hydroxylation is 1. The van der Waals surface area contributed by atoms with Crippen LogP contribution in [0.4, 0.5) is 14.5 Å². The predicted octanol–water partition coefficient (Wildman–Crippen LogP) is 3.17. The number of rotatable bonds is 7. The number of aromatic nitrogens is 3. The number of amides is 1. The van der Waals surface area contributed by atoms with Gasteiger partial charge in [-0.25, -0.2) is 13.8 Å². The van der Waals surface area contributed by atoms with E-state index in [1.54, 1.807) is 37.3 Å². The van der Waals surface area contributed by atoms with Gasteiger partial charge in [0.1, 0.15) is 23.9 Å². The van der Waals surface area contributed by atoms with E-state index in [2.05, 4.69) is 32.3 Å². The minimum atomic E-state index is -2.98. The van der Waals surface area contributed by atoms with Crippen LogP contribution in [-0.4, -0.2) is 32.6 Å². The summed E-state index contributed by atoms with van der Waals surface area (Å²) in [7, 11) is 0. The van der Waals surface area contributed by atoms with Gasteiger partial charge in [0, 0.05) is 21.5 Å². The molecule has 1 fully saturated rings. The smallest absolute Gasteiger partial charge is 0.283 e. The lowest BCUT2D eigenvalue weighted by Gasteiger charge is -2.10. The van der Waals surface area contributed by atoms with E-state index in [4.69, 9.17) is 11.6 Å². The molecule has 0 spiro atoms. The number of halogens is 3. The van der Waals surface area contributed by atoms with Crippen molar-refractivity contribution in [1.82, 2.24) is 19.9 Å². The summed E-state index contributed by atoms with van der Waals surface area (Å²) in [6, 6.07) is 6.92. The summed E-state index contributed by atoms with van der Waals surface area (Å²) >= 11 is 6.13. The van der Waals surface area contributed by atoms with E-state index in [0.29, 0.717) is 27.2 Å². The molecule has 0 bridgehead atoms. The summed E-state index contributed by atoms with van der Waals surface area (Å²) < 4.78 is 28.4. The number of nitrogens with one attached hydrogen (secondary N) is 2. The third kappa shape index (κ3) is 5.00. The van der Waals surface area contributed by atoms with Gasteiger partial charge in [-0.05, 0) is 56.7 Å². The van der Waals surface area contributed by atoms with Gasteiger partial charge in [-0.2, -0.15) is 14.9 Å². The Morgan fingerprint density at radius 3 is 2.83 bits per heavy atom. The second-order valence-corrected chi connectivity index (χ2v) is 8.93. The average molecular weight is 498 g/mol. The lowest BCUT2D eigenvalue weighted by atomic mass is 10.1. The van der Waals surface area contributed by atoms with Crippen LogP contribution in [0, 0.1) is 18.3 Å². The first kappa shape index (κ1) is 24.3. The molecule has 1 aromatic carbocycles. The number of fused-ring (bicyclic) bond motifs is 1. The number of hydrogen-bond donors (Lipinski definition) is 2. The van der Waals surface area contributed by atoms with Crippen LogP contribution < -0.4 is 21.3 Å². The largest absolute Gasteiger partial charge is 0.362 e. The van der Waals surface area contributed by atoms with E-state index in [9.17, 15) is 18.8 Å². The summed E-state index contributed by atoms with van der Waals surface area (Å²) in [4.78, 5) is 21.3. The summed E-state index contributed by atoms with van der Waals surface area (Å²) in [6.45, 7) is 7.03. The van der Waals surface area contributed by atoms with Gasteiger partial charge in [0.05, 0.1) is 5.69 Å². The van der Waals surface area contributed by atoms with Crippen LogP contribution in [-0.2, 0) is 4.79 Å². The molecule has 11 heteroatoms. The minimum absolute atomic E-state index is 0.0497. The van der Waals surface area contributed by atoms with Crippen molar-refractivity contribution in [2.45, 2.75) is 38.7 Å². The van der Waals surface area contributed by atoms with E-state index in [-0.39, 0.29) is 34.7 Å². The number of carbonyl (C=O) groups excluding carboxylic acids is 1. The molecule has 35 heavy (non-hydrogen) atoms. The van der Waals surface area contributed by atoms with Crippen LogP contribution in [0.2, 0.25) is 5.02 Å². The number of anilines is 1. The first-order valence-electron chi connectivity index (χ1n) is 10.8. The number of benzene rings is 1. The third-order valence-electron chi connectivity index (χ3n) is 5.70. The molecule has 2 N–H and O–H groups in total. The number of alkyl halides is 2. The van der Waals surface area contributed by atoms with Crippen molar-refractivity contribution in [3.63, 3.8) is 0 Å². The van der Waals surface area contributed by atoms with Gasteiger partial charge in [0.2, 0.25) is 5.91 Å². The molecule has 0 atom stereocenters. The van der Waals surface area contributed by atoms with Crippen LogP contribution in [0.1, 0.15) is 48.7 Å². The topological polar surface area (TPSA) is 107 Å². The molecule has 0 radical (unpaired) electrons. The van der Waals surface area contributed by atoms with Crippen molar-refractivity contribution in [3.8, 4) is 6.07 Å². The van der Waals surface area contributed by atoms with E-state index in [1.165, 1.54) is 6.20 Å². The fourth-order valence-corrected chi connectivity index (χ4v) is 3.80. The summed E-state index contributed by atoms with van der Waals surface area (Å²) in [5, 5.41) is 20.3. The Morgan fingerprint density at radius 1 is 1.46 bits per heavy atom. The summed E-state index contributed by atoms with van der Waals surface area (Å²) in [5.41, 5.74) is 0.572. The maximum Gasteiger partial charge on any atom is 0.283 e. The maximum absolute atomic E-state index is 13.6. The highest BCUT2D eigenvalue weighted by Crippen LogP contribution is 2.34. The normalized spacial score (nSPS) is 15.3. The van der Waals surface area contributed by atoms with E-state index >= 15 is 0 Å². The predicted molar refractivity (Wildman–Crippen MR) is 128 cm³/mol. The molecule has 1 aliphatic rings. The molecule has 0 saturated heterocycles. The first-order chi connectivity index (χ1) is 16.7. The molecule has 3 aromatic rings.